The number of hydrogen-bond acceptors (Lipinski definition) is 5. The highest BCUT2D eigenvalue weighted by Gasteiger charge is 2.32. The van der Waals surface area contributed by atoms with E-state index in [1.807, 2.05) is 0 Å². The molecule has 0 N–H and O–H groups in total. The van der Waals surface area contributed by atoms with Crippen LogP contribution in [0.2, 0.25) is 5.02 Å². The van der Waals surface area contributed by atoms with Gasteiger partial charge in [0.1, 0.15) is 0 Å². The van der Waals surface area contributed by atoms with E-state index in [-0.39, 0.29) is 23.1 Å². The number of rotatable bonds is 4. The maximum atomic E-state index is 12.0. The Morgan fingerprint density at radius 1 is 1.41 bits per heavy atom. The van der Waals surface area contributed by atoms with E-state index in [9.17, 15) is 18.0 Å². The number of likely N-dealkylation sites (N-methyl/N-ethyl adjacent to an activating group) is 1. The first kappa shape index (κ1) is 16.8. The molecule has 0 saturated carbocycles. The molecule has 1 amide bonds. The van der Waals surface area contributed by atoms with Crippen molar-refractivity contribution < 1.29 is 22.7 Å². The molecule has 8 heteroatoms. The van der Waals surface area contributed by atoms with Crippen LogP contribution in [0.4, 0.5) is 0 Å². The van der Waals surface area contributed by atoms with Gasteiger partial charge in [-0.05, 0) is 24.6 Å². The number of amides is 1. The first-order valence-corrected chi connectivity index (χ1v) is 8.87. The van der Waals surface area contributed by atoms with Crippen molar-refractivity contribution in [3.63, 3.8) is 0 Å². The Kier molecular flexibility index (Phi) is 5.08. The monoisotopic (exact) mass is 345 g/mol. The average Bonchev–Trinajstić information content (AvgIpc) is 2.83. The third kappa shape index (κ3) is 4.20. The van der Waals surface area contributed by atoms with Gasteiger partial charge in [-0.15, -0.1) is 0 Å². The second kappa shape index (κ2) is 6.66. The van der Waals surface area contributed by atoms with Gasteiger partial charge in [0, 0.05) is 18.1 Å². The predicted octanol–water partition coefficient (Wildman–Crippen LogP) is 1.14. The van der Waals surface area contributed by atoms with Gasteiger partial charge in [0.05, 0.1) is 17.1 Å². The van der Waals surface area contributed by atoms with Crippen molar-refractivity contribution in [1.29, 1.82) is 0 Å². The van der Waals surface area contributed by atoms with E-state index in [0.29, 0.717) is 11.4 Å². The lowest BCUT2D eigenvalue weighted by molar-refractivity contribution is -0.134. The number of nitrogens with zero attached hydrogens (tertiary/aromatic N) is 1. The minimum Gasteiger partial charge on any atom is -0.452 e. The van der Waals surface area contributed by atoms with Gasteiger partial charge in [-0.25, -0.2) is 13.2 Å². The Labute approximate surface area is 133 Å². The minimum absolute atomic E-state index is 0.0442. The molecule has 1 heterocycles. The van der Waals surface area contributed by atoms with Crippen molar-refractivity contribution in [3.8, 4) is 0 Å². The van der Waals surface area contributed by atoms with Crippen LogP contribution in [-0.4, -0.2) is 56.4 Å². The topological polar surface area (TPSA) is 80.8 Å². The summed E-state index contributed by atoms with van der Waals surface area (Å²) in [5.41, 5.74) is 0.256. The molecule has 6 nitrogen and oxygen atoms in total. The predicted molar refractivity (Wildman–Crippen MR) is 81.6 cm³/mol. The largest absolute Gasteiger partial charge is 0.452 e. The number of carbonyl (C=O) groups is 2. The summed E-state index contributed by atoms with van der Waals surface area (Å²) in [6.07, 6.45) is 0.410. The smallest absolute Gasteiger partial charge is 0.338 e. The fourth-order valence-corrected chi connectivity index (χ4v) is 4.18. The van der Waals surface area contributed by atoms with Crippen LogP contribution in [0.15, 0.2) is 24.3 Å². The molecule has 1 aromatic carbocycles. The summed E-state index contributed by atoms with van der Waals surface area (Å²) >= 11 is 5.78. The molecule has 1 aliphatic rings. The number of halogens is 1. The van der Waals surface area contributed by atoms with Gasteiger partial charge in [0.15, 0.2) is 16.4 Å². The van der Waals surface area contributed by atoms with Gasteiger partial charge in [0.2, 0.25) is 0 Å². The molecule has 0 aromatic heterocycles. The number of hydrogen-bond donors (Lipinski definition) is 0. The van der Waals surface area contributed by atoms with E-state index < -0.39 is 28.3 Å². The zero-order chi connectivity index (χ0) is 16.3. The van der Waals surface area contributed by atoms with E-state index in [0.717, 1.165) is 0 Å². The molecule has 0 aliphatic carbocycles. The van der Waals surface area contributed by atoms with Gasteiger partial charge < -0.3 is 9.64 Å². The third-order valence-electron chi connectivity index (χ3n) is 3.54. The molecule has 22 heavy (non-hydrogen) atoms. The van der Waals surface area contributed by atoms with Gasteiger partial charge in [-0.2, -0.15) is 0 Å². The lowest BCUT2D eigenvalue weighted by atomic mass is 10.2. The summed E-state index contributed by atoms with van der Waals surface area (Å²) in [6, 6.07) is 5.85. The Bertz CT molecular complexity index is 688. The number of sulfone groups is 1. The maximum Gasteiger partial charge on any atom is 0.338 e. The van der Waals surface area contributed by atoms with E-state index in [1.54, 1.807) is 12.1 Å². The summed E-state index contributed by atoms with van der Waals surface area (Å²) in [4.78, 5) is 25.1. The third-order valence-corrected chi connectivity index (χ3v) is 5.52. The summed E-state index contributed by atoms with van der Waals surface area (Å²) < 4.78 is 27.8. The summed E-state index contributed by atoms with van der Waals surface area (Å²) in [5.74, 6) is -1.05. The first-order valence-electron chi connectivity index (χ1n) is 6.67. The Morgan fingerprint density at radius 3 is 2.73 bits per heavy atom. The minimum atomic E-state index is -3.07. The van der Waals surface area contributed by atoms with Crippen LogP contribution in [0, 0.1) is 0 Å². The highest BCUT2D eigenvalue weighted by atomic mass is 35.5. The lowest BCUT2D eigenvalue weighted by Crippen LogP contribution is -2.40. The molecule has 0 radical (unpaired) electrons. The highest BCUT2D eigenvalue weighted by molar-refractivity contribution is 7.91. The van der Waals surface area contributed by atoms with Gasteiger partial charge in [-0.3, -0.25) is 4.79 Å². The zero-order valence-corrected chi connectivity index (χ0v) is 13.6. The fraction of sp³-hybridized carbons (Fsp3) is 0.429. The van der Waals surface area contributed by atoms with Crippen LogP contribution in [0.5, 0.6) is 0 Å². The van der Waals surface area contributed by atoms with Crippen LogP contribution in [0.25, 0.3) is 0 Å². The summed E-state index contributed by atoms with van der Waals surface area (Å²) in [6.45, 7) is -0.432. The summed E-state index contributed by atoms with van der Waals surface area (Å²) in [5, 5.41) is 0.397. The average molecular weight is 346 g/mol. The molecule has 120 valence electrons. The molecule has 1 aromatic rings. The van der Waals surface area contributed by atoms with Gasteiger partial charge in [-0.1, -0.05) is 17.7 Å². The Balaban J connectivity index is 1.88. The highest BCUT2D eigenvalue weighted by Crippen LogP contribution is 2.17. The number of benzene rings is 1. The molecule has 0 bridgehead atoms. The van der Waals surface area contributed by atoms with Gasteiger partial charge >= 0.3 is 5.97 Å². The van der Waals surface area contributed by atoms with Gasteiger partial charge in [0.25, 0.3) is 5.91 Å². The standard InChI is InChI=1S/C14H16ClNO5S/c1-16(12-5-6-22(19,20)9-12)13(17)8-21-14(18)10-3-2-4-11(15)7-10/h2-4,7,12H,5-6,8-9H2,1H3/t12-/m0/s1. The first-order chi connectivity index (χ1) is 10.3. The number of esters is 1. The van der Waals surface area contributed by atoms with E-state index in [2.05, 4.69) is 0 Å². The van der Waals surface area contributed by atoms with Crippen molar-refractivity contribution in [2.45, 2.75) is 12.5 Å². The molecule has 2 rings (SSSR count). The molecule has 1 fully saturated rings. The zero-order valence-electron chi connectivity index (χ0n) is 12.0. The second-order valence-electron chi connectivity index (χ2n) is 5.15. The fourth-order valence-electron chi connectivity index (χ4n) is 2.21. The number of ether oxygens (including phenoxy) is 1. The van der Waals surface area contributed by atoms with Crippen LogP contribution in [-0.2, 0) is 19.4 Å². The van der Waals surface area contributed by atoms with Crippen LogP contribution in [0.3, 0.4) is 0 Å². The van der Waals surface area contributed by atoms with Crippen molar-refractivity contribution in [3.05, 3.63) is 34.9 Å². The quantitative estimate of drug-likeness (QED) is 0.764. The lowest BCUT2D eigenvalue weighted by Gasteiger charge is -2.23. The van der Waals surface area contributed by atoms with Crippen LogP contribution >= 0.6 is 11.6 Å². The van der Waals surface area contributed by atoms with Crippen LogP contribution in [0.1, 0.15) is 16.8 Å². The van der Waals surface area contributed by atoms with Crippen LogP contribution < -0.4 is 0 Å². The van der Waals surface area contributed by atoms with E-state index in [4.69, 9.17) is 16.3 Å². The Morgan fingerprint density at radius 2 is 2.14 bits per heavy atom. The van der Waals surface area contributed by atoms with E-state index >= 15 is 0 Å². The molecular weight excluding hydrogens is 330 g/mol. The second-order valence-corrected chi connectivity index (χ2v) is 7.81. The normalized spacial score (nSPS) is 19.6. The van der Waals surface area contributed by atoms with Crippen molar-refractivity contribution in [2.75, 3.05) is 25.2 Å². The molecule has 1 saturated heterocycles. The maximum absolute atomic E-state index is 12.0. The molecule has 0 spiro atoms. The summed E-state index contributed by atoms with van der Waals surface area (Å²) in [7, 11) is -1.55. The van der Waals surface area contributed by atoms with Crippen molar-refractivity contribution >= 4 is 33.3 Å². The molecule has 1 atom stereocenters. The van der Waals surface area contributed by atoms with Crippen molar-refractivity contribution in [2.24, 2.45) is 0 Å². The molecular formula is C14H16ClNO5S. The molecule has 0 unspecified atom stereocenters. The number of carbonyl (C=O) groups excluding carboxylic acids is 2. The SMILES string of the molecule is CN(C(=O)COC(=O)c1cccc(Cl)c1)[C@H]1CCS(=O)(=O)C1. The van der Waals surface area contributed by atoms with E-state index in [1.165, 1.54) is 24.1 Å². The molecule has 1 aliphatic heterocycles. The Hall–Kier alpha value is -1.60. The van der Waals surface area contributed by atoms with Crippen molar-refractivity contribution in [1.82, 2.24) is 4.90 Å².